The highest BCUT2D eigenvalue weighted by Gasteiger charge is 2.56. The van der Waals surface area contributed by atoms with Crippen molar-refractivity contribution < 1.29 is 9.59 Å². The van der Waals surface area contributed by atoms with Crippen molar-refractivity contribution in [1.29, 1.82) is 0 Å². The van der Waals surface area contributed by atoms with E-state index in [2.05, 4.69) is 24.5 Å². The van der Waals surface area contributed by atoms with Gasteiger partial charge in [0.05, 0.1) is 0 Å². The van der Waals surface area contributed by atoms with Gasteiger partial charge in [-0.15, -0.1) is 0 Å². The van der Waals surface area contributed by atoms with Crippen LogP contribution in [0, 0.1) is 11.3 Å². The van der Waals surface area contributed by atoms with Gasteiger partial charge in [0.15, 0.2) is 0 Å². The van der Waals surface area contributed by atoms with E-state index in [0.717, 1.165) is 12.8 Å². The molecular weight excluding hydrogens is 276 g/mol. The van der Waals surface area contributed by atoms with Crippen LogP contribution in [0.3, 0.4) is 0 Å². The van der Waals surface area contributed by atoms with Gasteiger partial charge in [0.1, 0.15) is 5.41 Å². The van der Waals surface area contributed by atoms with Gasteiger partial charge in [0, 0.05) is 13.1 Å². The minimum Gasteiger partial charge on any atom is -0.355 e. The van der Waals surface area contributed by atoms with Crippen LogP contribution in [0.2, 0.25) is 0 Å². The van der Waals surface area contributed by atoms with E-state index in [4.69, 9.17) is 0 Å². The summed E-state index contributed by atoms with van der Waals surface area (Å²) < 4.78 is 0. The summed E-state index contributed by atoms with van der Waals surface area (Å²) >= 11 is 0. The number of hydrogen-bond donors (Lipinski definition) is 2. The molecular formula is C18H26N2O2. The first-order valence-electron chi connectivity index (χ1n) is 8.15. The van der Waals surface area contributed by atoms with E-state index in [1.54, 1.807) is 0 Å². The second-order valence-corrected chi connectivity index (χ2v) is 6.51. The van der Waals surface area contributed by atoms with Gasteiger partial charge < -0.3 is 10.6 Å². The van der Waals surface area contributed by atoms with Crippen LogP contribution in [0.25, 0.3) is 0 Å². The van der Waals surface area contributed by atoms with E-state index in [9.17, 15) is 9.59 Å². The van der Waals surface area contributed by atoms with Gasteiger partial charge >= 0.3 is 0 Å². The fourth-order valence-electron chi connectivity index (χ4n) is 2.46. The lowest BCUT2D eigenvalue weighted by Gasteiger charge is -2.16. The van der Waals surface area contributed by atoms with Gasteiger partial charge in [-0.3, -0.25) is 9.59 Å². The summed E-state index contributed by atoms with van der Waals surface area (Å²) in [5, 5.41) is 5.82. The number of rotatable bonds is 8. The minimum absolute atomic E-state index is 0.106. The minimum atomic E-state index is -0.798. The van der Waals surface area contributed by atoms with Crippen molar-refractivity contribution in [3.63, 3.8) is 0 Å². The molecule has 0 unspecified atom stereocenters. The summed E-state index contributed by atoms with van der Waals surface area (Å²) in [6.07, 6.45) is 3.06. The van der Waals surface area contributed by atoms with Crippen LogP contribution in [-0.2, 0) is 16.0 Å². The van der Waals surface area contributed by atoms with Gasteiger partial charge in [-0.05, 0) is 37.2 Å². The van der Waals surface area contributed by atoms with Crippen LogP contribution in [0.1, 0.15) is 38.7 Å². The predicted molar refractivity (Wildman–Crippen MR) is 87.3 cm³/mol. The molecule has 1 aromatic carbocycles. The average Bonchev–Trinajstić information content (AvgIpc) is 3.29. The Kier molecular flexibility index (Phi) is 5.58. The molecule has 0 saturated heterocycles. The highest BCUT2D eigenvalue weighted by Crippen LogP contribution is 2.46. The van der Waals surface area contributed by atoms with Crippen molar-refractivity contribution >= 4 is 11.8 Å². The summed E-state index contributed by atoms with van der Waals surface area (Å²) in [7, 11) is 0. The summed E-state index contributed by atoms with van der Waals surface area (Å²) in [5.41, 5.74) is 0.391. The van der Waals surface area contributed by atoms with Crippen LogP contribution in [0.15, 0.2) is 30.3 Å². The number of nitrogens with one attached hydrogen (secondary N) is 2. The Balaban J connectivity index is 1.75. The predicted octanol–water partition coefficient (Wildman–Crippen LogP) is 2.29. The molecule has 4 heteroatoms. The highest BCUT2D eigenvalue weighted by molar-refractivity contribution is 6.07. The zero-order valence-electron chi connectivity index (χ0n) is 13.5. The monoisotopic (exact) mass is 302 g/mol. The molecule has 1 aromatic rings. The fraction of sp³-hybridized carbons (Fsp3) is 0.556. The molecule has 0 spiro atoms. The van der Waals surface area contributed by atoms with Crippen molar-refractivity contribution in [2.45, 2.75) is 39.5 Å². The van der Waals surface area contributed by atoms with Crippen molar-refractivity contribution in [3.05, 3.63) is 35.9 Å². The Bertz CT molecular complexity index is 507. The first-order chi connectivity index (χ1) is 10.5. The maximum Gasteiger partial charge on any atom is 0.235 e. The molecule has 0 aromatic heterocycles. The fourth-order valence-corrected chi connectivity index (χ4v) is 2.46. The van der Waals surface area contributed by atoms with Gasteiger partial charge in [0.2, 0.25) is 11.8 Å². The van der Waals surface area contributed by atoms with Gasteiger partial charge in [0.25, 0.3) is 0 Å². The van der Waals surface area contributed by atoms with Crippen LogP contribution in [-0.4, -0.2) is 24.9 Å². The molecule has 1 saturated carbocycles. The van der Waals surface area contributed by atoms with Crippen LogP contribution >= 0.6 is 0 Å². The maximum atomic E-state index is 12.3. The molecule has 1 aliphatic carbocycles. The molecule has 22 heavy (non-hydrogen) atoms. The van der Waals surface area contributed by atoms with E-state index >= 15 is 0 Å². The molecule has 2 amide bonds. The summed E-state index contributed by atoms with van der Waals surface area (Å²) in [4.78, 5) is 24.5. The van der Waals surface area contributed by atoms with E-state index in [-0.39, 0.29) is 11.8 Å². The van der Waals surface area contributed by atoms with Crippen LogP contribution in [0.5, 0.6) is 0 Å². The largest absolute Gasteiger partial charge is 0.355 e. The topological polar surface area (TPSA) is 58.2 Å². The number of carbonyl (C=O) groups excluding carboxylic acids is 2. The molecule has 1 fully saturated rings. The summed E-state index contributed by atoms with van der Waals surface area (Å²) in [6.45, 7) is 5.46. The molecule has 2 N–H and O–H groups in total. The Labute approximate surface area is 132 Å². The van der Waals surface area contributed by atoms with Gasteiger partial charge in [-0.2, -0.15) is 0 Å². The molecule has 0 atom stereocenters. The first-order valence-corrected chi connectivity index (χ1v) is 8.15. The number of hydrogen-bond acceptors (Lipinski definition) is 2. The molecule has 0 aliphatic heterocycles. The van der Waals surface area contributed by atoms with E-state index in [0.29, 0.717) is 31.8 Å². The summed E-state index contributed by atoms with van der Waals surface area (Å²) in [6, 6.07) is 10.0. The smallest absolute Gasteiger partial charge is 0.235 e. The summed E-state index contributed by atoms with van der Waals surface area (Å²) in [5.74, 6) is 0.325. The molecule has 0 heterocycles. The Morgan fingerprint density at radius 1 is 1.05 bits per heavy atom. The lowest BCUT2D eigenvalue weighted by Crippen LogP contribution is -2.44. The number of carbonyl (C=O) groups is 2. The molecule has 2 rings (SSSR count). The van der Waals surface area contributed by atoms with E-state index in [1.165, 1.54) is 5.56 Å². The van der Waals surface area contributed by atoms with E-state index < -0.39 is 5.41 Å². The SMILES string of the molecule is CC(C)CCNC(=O)C1(C(=O)NCCc2ccccc2)CC1. The van der Waals surface area contributed by atoms with Crippen molar-refractivity contribution in [2.24, 2.45) is 11.3 Å². The molecule has 0 radical (unpaired) electrons. The number of amides is 2. The van der Waals surface area contributed by atoms with E-state index in [1.807, 2.05) is 30.3 Å². The standard InChI is InChI=1S/C18H26N2O2/c1-14(2)8-12-19-16(21)18(10-11-18)17(22)20-13-9-15-6-4-3-5-7-15/h3-7,14H,8-13H2,1-2H3,(H,19,21)(H,20,22). The molecule has 4 nitrogen and oxygen atoms in total. The first kappa shape index (κ1) is 16.5. The Morgan fingerprint density at radius 2 is 1.64 bits per heavy atom. The maximum absolute atomic E-state index is 12.3. The normalized spacial score (nSPS) is 15.4. The third-order valence-corrected chi connectivity index (χ3v) is 4.17. The van der Waals surface area contributed by atoms with Gasteiger partial charge in [-0.1, -0.05) is 44.2 Å². The van der Waals surface area contributed by atoms with Crippen molar-refractivity contribution in [2.75, 3.05) is 13.1 Å². The number of benzene rings is 1. The van der Waals surface area contributed by atoms with Crippen molar-refractivity contribution in [1.82, 2.24) is 10.6 Å². The lowest BCUT2D eigenvalue weighted by molar-refractivity contribution is -0.137. The highest BCUT2D eigenvalue weighted by atomic mass is 16.2. The average molecular weight is 302 g/mol. The molecule has 120 valence electrons. The Morgan fingerprint density at radius 3 is 2.18 bits per heavy atom. The molecule has 1 aliphatic rings. The zero-order chi connectivity index (χ0) is 16.0. The molecule has 0 bridgehead atoms. The quantitative estimate of drug-likeness (QED) is 0.724. The van der Waals surface area contributed by atoms with Crippen molar-refractivity contribution in [3.8, 4) is 0 Å². The van der Waals surface area contributed by atoms with Gasteiger partial charge in [-0.25, -0.2) is 0 Å². The zero-order valence-corrected chi connectivity index (χ0v) is 13.5. The second kappa shape index (κ2) is 7.43. The lowest BCUT2D eigenvalue weighted by atomic mass is 10.0. The third kappa shape index (κ3) is 4.33. The van der Waals surface area contributed by atoms with Crippen LogP contribution < -0.4 is 10.6 Å². The Hall–Kier alpha value is -1.84. The third-order valence-electron chi connectivity index (χ3n) is 4.17. The second-order valence-electron chi connectivity index (χ2n) is 6.51. The van der Waals surface area contributed by atoms with Crippen LogP contribution in [0.4, 0.5) is 0 Å².